The predicted octanol–water partition coefficient (Wildman–Crippen LogP) is 6.19. The molecule has 0 aliphatic carbocycles. The Balaban J connectivity index is 1.25. The smallest absolute Gasteiger partial charge is 0.333 e. The van der Waals surface area contributed by atoms with E-state index < -0.39 is 46.9 Å². The van der Waals surface area contributed by atoms with Crippen LogP contribution in [-0.4, -0.2) is 106 Å². The van der Waals surface area contributed by atoms with E-state index in [-0.39, 0.29) is 25.0 Å². The third kappa shape index (κ3) is 8.36. The molecule has 7 heterocycles. The van der Waals surface area contributed by atoms with Crippen LogP contribution in [0, 0.1) is 5.41 Å². The molecule has 4 aliphatic heterocycles. The number of nitrogens with one attached hydrogen (secondary N) is 2. The Bertz CT molecular complexity index is 2390. The average Bonchev–Trinajstić information content (AvgIpc) is 3.64. The Kier molecular flexibility index (Phi) is 12.2. The summed E-state index contributed by atoms with van der Waals surface area (Å²) in [6.07, 6.45) is 4.03. The number of amides is 3. The summed E-state index contributed by atoms with van der Waals surface area (Å²) < 4.78 is 20.4. The van der Waals surface area contributed by atoms with E-state index in [0.29, 0.717) is 50.4 Å². The summed E-state index contributed by atoms with van der Waals surface area (Å²) in [4.78, 5) is 68.3. The molecule has 2 saturated heterocycles. The van der Waals surface area contributed by atoms with E-state index >= 15 is 0 Å². The van der Waals surface area contributed by atoms with Crippen LogP contribution in [0.2, 0.25) is 0 Å². The minimum Gasteiger partial charge on any atom is -0.463 e. The van der Waals surface area contributed by atoms with Gasteiger partial charge in [0.2, 0.25) is 11.8 Å². The van der Waals surface area contributed by atoms with Crippen molar-refractivity contribution in [2.24, 2.45) is 5.41 Å². The van der Waals surface area contributed by atoms with Crippen molar-refractivity contribution in [3.8, 4) is 22.5 Å². The number of pyridine rings is 1. The van der Waals surface area contributed by atoms with Gasteiger partial charge in [-0.25, -0.2) is 15.2 Å². The van der Waals surface area contributed by atoms with Gasteiger partial charge >= 0.3 is 5.97 Å². The van der Waals surface area contributed by atoms with Crippen LogP contribution in [0.15, 0.2) is 52.2 Å². The van der Waals surface area contributed by atoms with Gasteiger partial charge in [-0.3, -0.25) is 24.4 Å². The summed E-state index contributed by atoms with van der Waals surface area (Å²) in [7, 11) is 3.27. The fourth-order valence-corrected chi connectivity index (χ4v) is 10.6. The number of rotatable bonds is 9. The van der Waals surface area contributed by atoms with Crippen molar-refractivity contribution in [2.75, 3.05) is 33.9 Å². The molecule has 1 aromatic carbocycles. The molecule has 4 aliphatic rings. The van der Waals surface area contributed by atoms with Gasteiger partial charge in [0.05, 0.1) is 40.9 Å². The monoisotopic (exact) mass is 869 g/mol. The Hall–Kier alpha value is -4.61. The summed E-state index contributed by atoms with van der Waals surface area (Å²) in [6, 6.07) is 8.43. The van der Waals surface area contributed by atoms with Crippen molar-refractivity contribution in [1.29, 1.82) is 0 Å². The van der Waals surface area contributed by atoms with Crippen molar-refractivity contribution in [3.05, 3.63) is 68.5 Å². The zero-order valence-corrected chi connectivity index (χ0v) is 37.5. The lowest BCUT2D eigenvalue weighted by molar-refractivity contribution is -0.160. The van der Waals surface area contributed by atoms with E-state index in [1.807, 2.05) is 23.8 Å². The minimum absolute atomic E-state index is 0.0872. The molecule has 2 unspecified atom stereocenters. The summed E-state index contributed by atoms with van der Waals surface area (Å²) in [6.45, 7) is 11.4. The standard InChI is InChI=1S/C45H55N7O7S2/c1-8-51-34-15-14-28-20-30(34)31(39(51)29-12-9-17-46-38(29)26(2)57-7)22-44(4,5)25-59-43(56)45(36-24-60-36)16-11-18-52(49-45)42(55)32(21-37-47-33(28)23-61-37)48-41(54)40(50(6)27(3)53)35-13-10-19-58-35/h9,12,14-15,17,20,23-24,26,32,35,40,49H,8,10-11,13,16,18-19,21-22,25H2,1-7H3,(H,48,54)/t26-,32-,35?,40?,45-/m0/s1. The van der Waals surface area contributed by atoms with Gasteiger partial charge in [-0.1, -0.05) is 31.7 Å². The molecule has 14 nitrogen and oxygen atoms in total. The van der Waals surface area contributed by atoms with Crippen molar-refractivity contribution in [3.63, 3.8) is 0 Å². The van der Waals surface area contributed by atoms with Crippen molar-refractivity contribution >= 4 is 57.7 Å². The number of benzene rings is 1. The quantitative estimate of drug-likeness (QED) is 0.185. The van der Waals surface area contributed by atoms with E-state index in [0.717, 1.165) is 56.0 Å². The number of thioether (sulfide) groups is 1. The van der Waals surface area contributed by atoms with E-state index in [1.54, 1.807) is 20.4 Å². The maximum absolute atomic E-state index is 14.8. The number of carbonyl (C=O) groups excluding carboxylic acids is 4. The number of aromatic nitrogens is 3. The number of likely N-dealkylation sites (N-methyl/N-ethyl adjacent to an activating group) is 1. The highest BCUT2D eigenvalue weighted by atomic mass is 32.2. The minimum atomic E-state index is -1.27. The number of methoxy groups -OCH3 is 1. The number of fused-ring (bicyclic) bond motifs is 6. The maximum Gasteiger partial charge on any atom is 0.333 e. The van der Waals surface area contributed by atoms with Gasteiger partial charge in [0.25, 0.3) is 5.91 Å². The van der Waals surface area contributed by atoms with Crippen molar-refractivity contribution < 1.29 is 33.4 Å². The molecule has 8 rings (SSSR count). The molecule has 16 heteroatoms. The van der Waals surface area contributed by atoms with Gasteiger partial charge in [0.15, 0.2) is 5.54 Å². The predicted molar refractivity (Wildman–Crippen MR) is 235 cm³/mol. The number of hydrogen-bond acceptors (Lipinski definition) is 12. The Morgan fingerprint density at radius 2 is 2.00 bits per heavy atom. The molecule has 61 heavy (non-hydrogen) atoms. The first-order valence-corrected chi connectivity index (χ1v) is 22.9. The van der Waals surface area contributed by atoms with Crippen LogP contribution in [-0.2, 0) is 52.8 Å². The van der Waals surface area contributed by atoms with E-state index in [4.69, 9.17) is 24.2 Å². The van der Waals surface area contributed by atoms with Gasteiger partial charge in [0, 0.05) is 91.1 Å². The number of aryl methyl sites for hydroxylation is 1. The number of hydrogen-bond donors (Lipinski definition) is 2. The molecule has 5 atom stereocenters. The molecule has 4 aromatic rings. The highest BCUT2D eigenvalue weighted by Gasteiger charge is 2.52. The summed E-state index contributed by atoms with van der Waals surface area (Å²) in [5.74, 6) is -1.65. The lowest BCUT2D eigenvalue weighted by atomic mass is 9.84. The number of ether oxygens (including phenoxy) is 3. The van der Waals surface area contributed by atoms with E-state index in [1.165, 1.54) is 39.9 Å². The normalized spacial score (nSPS) is 23.8. The van der Waals surface area contributed by atoms with Crippen LogP contribution in [0.1, 0.15) is 82.7 Å². The molecule has 0 spiro atoms. The van der Waals surface area contributed by atoms with E-state index in [2.05, 4.69) is 60.3 Å². The molecule has 3 aromatic heterocycles. The van der Waals surface area contributed by atoms with Gasteiger partial charge in [-0.05, 0) is 81.2 Å². The summed E-state index contributed by atoms with van der Waals surface area (Å²) in [5, 5.41) is 10.1. The SMILES string of the molecule is CCn1c(-c2cccnc2[C@H](C)OC)c2c3cc(ccc31)-c1csc(n1)C[C@H](NC(=O)C(C1CCCO1)N(C)C(C)=O)C(=O)N1CCC[C@@](C3=CS3)(N1)C(=O)OCC(C)(C)C2. The topological polar surface area (TPSA) is 157 Å². The molecular formula is C45H55N7O7S2. The number of nitrogens with zero attached hydrogens (tertiary/aromatic N) is 5. The Morgan fingerprint density at radius 1 is 1.20 bits per heavy atom. The number of carbonyl (C=O) groups is 4. The number of esters is 1. The van der Waals surface area contributed by atoms with Crippen LogP contribution >= 0.6 is 23.1 Å². The zero-order valence-electron chi connectivity index (χ0n) is 35.9. The van der Waals surface area contributed by atoms with Crippen molar-refractivity contribution in [1.82, 2.24) is 35.2 Å². The number of thiazole rings is 1. The second-order valence-electron chi connectivity index (χ2n) is 17.3. The first kappa shape index (κ1) is 43.1. The molecule has 2 fully saturated rings. The van der Waals surface area contributed by atoms with Crippen LogP contribution in [0.3, 0.4) is 0 Å². The zero-order chi connectivity index (χ0) is 43.2. The molecule has 3 amide bonds. The summed E-state index contributed by atoms with van der Waals surface area (Å²) >= 11 is 2.88. The Morgan fingerprint density at radius 3 is 2.70 bits per heavy atom. The largest absolute Gasteiger partial charge is 0.463 e. The van der Waals surface area contributed by atoms with E-state index in [9.17, 15) is 19.2 Å². The second kappa shape index (κ2) is 17.3. The molecule has 324 valence electrons. The summed E-state index contributed by atoms with van der Waals surface area (Å²) in [5.41, 5.74) is 8.21. The maximum atomic E-state index is 14.8. The molecule has 0 saturated carbocycles. The van der Waals surface area contributed by atoms with Gasteiger partial charge in [0.1, 0.15) is 12.1 Å². The van der Waals surface area contributed by atoms with Crippen LogP contribution in [0.25, 0.3) is 33.4 Å². The first-order chi connectivity index (χ1) is 29.2. The molecule has 0 radical (unpaired) electrons. The van der Waals surface area contributed by atoms with Crippen LogP contribution in [0.4, 0.5) is 0 Å². The lowest BCUT2D eigenvalue weighted by Gasteiger charge is -2.42. The van der Waals surface area contributed by atoms with Crippen molar-refractivity contribution in [2.45, 2.75) is 110 Å². The fourth-order valence-electron chi connectivity index (χ4n) is 9.03. The lowest BCUT2D eigenvalue weighted by Crippen LogP contribution is -2.67. The van der Waals surface area contributed by atoms with Crippen LogP contribution in [0.5, 0.6) is 0 Å². The fraction of sp³-hybridized carbons (Fsp3) is 0.511. The van der Waals surface area contributed by atoms with Crippen LogP contribution < -0.4 is 10.7 Å². The van der Waals surface area contributed by atoms with Gasteiger partial charge < -0.3 is 29.0 Å². The first-order valence-electron chi connectivity index (χ1n) is 21.1. The van der Waals surface area contributed by atoms with Gasteiger partial charge in [-0.2, -0.15) is 0 Å². The number of hydrazine groups is 1. The highest BCUT2D eigenvalue weighted by molar-refractivity contribution is 8.12. The second-order valence-corrected chi connectivity index (χ2v) is 19.1. The number of cyclic esters (lactones) is 1. The molecule has 6 bridgehead atoms. The Labute approximate surface area is 364 Å². The molecule has 2 N–H and O–H groups in total. The molecular weight excluding hydrogens is 815 g/mol. The average molecular weight is 870 g/mol. The third-order valence-corrected chi connectivity index (χ3v) is 14.1. The third-order valence-electron chi connectivity index (χ3n) is 12.4. The van der Waals surface area contributed by atoms with Gasteiger partial charge in [-0.15, -0.1) is 11.3 Å². The highest BCUT2D eigenvalue weighted by Crippen LogP contribution is 2.48.